The number of hydrogen-bond acceptors (Lipinski definition) is 2. The highest BCUT2D eigenvalue weighted by atomic mass is 79.9. The van der Waals surface area contributed by atoms with E-state index >= 15 is 0 Å². The molecule has 0 bridgehead atoms. The summed E-state index contributed by atoms with van der Waals surface area (Å²) < 4.78 is 14.6. The predicted octanol–water partition coefficient (Wildman–Crippen LogP) is 3.81. The first-order valence-corrected chi connectivity index (χ1v) is 6.39. The fourth-order valence-corrected chi connectivity index (χ4v) is 2.12. The van der Waals surface area contributed by atoms with Crippen LogP contribution in [0, 0.1) is 5.82 Å². The van der Waals surface area contributed by atoms with E-state index in [0.717, 1.165) is 15.7 Å². The van der Waals surface area contributed by atoms with E-state index in [1.54, 1.807) is 17.0 Å². The first-order chi connectivity index (χ1) is 8.61. The number of nitrogens with two attached hydrogens (primary N) is 1. The predicted molar refractivity (Wildman–Crippen MR) is 76.5 cm³/mol. The van der Waals surface area contributed by atoms with Gasteiger partial charge in [0.1, 0.15) is 5.82 Å². The van der Waals surface area contributed by atoms with E-state index in [9.17, 15) is 4.39 Å². The molecule has 0 saturated heterocycles. The largest absolute Gasteiger partial charge is 0.342 e. The first kappa shape index (κ1) is 13.1. The third-order valence-corrected chi connectivity index (χ3v) is 3.30. The van der Waals surface area contributed by atoms with Crippen molar-refractivity contribution in [3.8, 4) is 0 Å². The van der Waals surface area contributed by atoms with Crippen LogP contribution in [0.4, 0.5) is 15.8 Å². The van der Waals surface area contributed by atoms with Crippen molar-refractivity contribution in [3.63, 3.8) is 0 Å². The van der Waals surface area contributed by atoms with E-state index in [1.165, 1.54) is 6.07 Å². The zero-order chi connectivity index (χ0) is 13.1. The zero-order valence-corrected chi connectivity index (χ0v) is 11.6. The number of benzene rings is 2. The number of rotatable bonds is 3. The Bertz CT molecular complexity index is 557. The quantitative estimate of drug-likeness (QED) is 0.934. The molecule has 94 valence electrons. The van der Waals surface area contributed by atoms with Gasteiger partial charge in [-0.05, 0) is 35.9 Å². The van der Waals surface area contributed by atoms with Crippen molar-refractivity contribution in [1.82, 2.24) is 0 Å². The summed E-state index contributed by atoms with van der Waals surface area (Å²) in [7, 11) is 1.83. The molecule has 2 aromatic carbocycles. The smallest absolute Gasteiger partial charge is 0.146 e. The van der Waals surface area contributed by atoms with Crippen LogP contribution in [-0.4, -0.2) is 7.05 Å². The Morgan fingerprint density at radius 2 is 2.00 bits per heavy atom. The SMILES string of the molecule is CN(c1cccc(CN)c1)c1cc(Br)ccc1F. The Kier molecular flexibility index (Phi) is 3.99. The average molecular weight is 309 g/mol. The van der Waals surface area contributed by atoms with Crippen molar-refractivity contribution in [2.45, 2.75) is 6.54 Å². The lowest BCUT2D eigenvalue weighted by molar-refractivity contribution is 0.627. The second kappa shape index (κ2) is 5.50. The number of hydrogen-bond donors (Lipinski definition) is 1. The molecule has 2 aromatic rings. The fraction of sp³-hybridized carbons (Fsp3) is 0.143. The summed E-state index contributed by atoms with van der Waals surface area (Å²) in [5.41, 5.74) is 8.07. The molecule has 18 heavy (non-hydrogen) atoms. The molecule has 0 saturated carbocycles. The first-order valence-electron chi connectivity index (χ1n) is 5.59. The standard InChI is InChI=1S/C14H14BrFN2/c1-18(12-4-2-3-10(7-12)9-17)14-8-11(15)5-6-13(14)16/h2-8H,9,17H2,1H3. The average Bonchev–Trinajstić information content (AvgIpc) is 2.41. The molecule has 0 aliphatic carbocycles. The Labute approximate surface area is 114 Å². The molecule has 0 spiro atoms. The van der Waals surface area contributed by atoms with Crippen LogP contribution < -0.4 is 10.6 Å². The van der Waals surface area contributed by atoms with Gasteiger partial charge in [-0.25, -0.2) is 4.39 Å². The Hall–Kier alpha value is -1.39. The second-order valence-corrected chi connectivity index (χ2v) is 4.94. The lowest BCUT2D eigenvalue weighted by Crippen LogP contribution is -2.12. The van der Waals surface area contributed by atoms with Crippen molar-refractivity contribution in [2.75, 3.05) is 11.9 Å². The molecule has 0 aromatic heterocycles. The summed E-state index contributed by atoms with van der Waals surface area (Å²) in [6, 6.07) is 12.6. The normalized spacial score (nSPS) is 10.4. The molecule has 0 fully saturated rings. The van der Waals surface area contributed by atoms with Crippen molar-refractivity contribution < 1.29 is 4.39 Å². The van der Waals surface area contributed by atoms with Crippen LogP contribution in [-0.2, 0) is 6.54 Å². The van der Waals surface area contributed by atoms with Crippen LogP contribution in [0.15, 0.2) is 46.9 Å². The molecule has 0 aliphatic rings. The zero-order valence-electron chi connectivity index (χ0n) is 10.0. The molecular weight excluding hydrogens is 295 g/mol. The second-order valence-electron chi connectivity index (χ2n) is 4.03. The van der Waals surface area contributed by atoms with Crippen molar-refractivity contribution in [1.29, 1.82) is 0 Å². The third kappa shape index (κ3) is 2.71. The van der Waals surface area contributed by atoms with Gasteiger partial charge in [0.05, 0.1) is 5.69 Å². The van der Waals surface area contributed by atoms with Gasteiger partial charge >= 0.3 is 0 Å². The number of nitrogens with zero attached hydrogens (tertiary/aromatic N) is 1. The maximum atomic E-state index is 13.8. The van der Waals surface area contributed by atoms with Gasteiger partial charge in [-0.15, -0.1) is 0 Å². The van der Waals surface area contributed by atoms with E-state index < -0.39 is 0 Å². The van der Waals surface area contributed by atoms with Crippen LogP contribution in [0.1, 0.15) is 5.56 Å². The molecular formula is C14H14BrFN2. The molecule has 0 unspecified atom stereocenters. The molecule has 0 radical (unpaired) electrons. The van der Waals surface area contributed by atoms with Gasteiger partial charge in [0, 0.05) is 23.8 Å². The summed E-state index contributed by atoms with van der Waals surface area (Å²) in [6.45, 7) is 0.475. The van der Waals surface area contributed by atoms with E-state index in [-0.39, 0.29) is 5.82 Å². The van der Waals surface area contributed by atoms with Crippen LogP contribution in [0.25, 0.3) is 0 Å². The maximum Gasteiger partial charge on any atom is 0.146 e. The molecule has 0 atom stereocenters. The van der Waals surface area contributed by atoms with Gasteiger partial charge in [-0.3, -0.25) is 0 Å². The molecule has 2 N–H and O–H groups in total. The molecule has 4 heteroatoms. The van der Waals surface area contributed by atoms with Crippen LogP contribution >= 0.6 is 15.9 Å². The van der Waals surface area contributed by atoms with E-state index in [0.29, 0.717) is 12.2 Å². The van der Waals surface area contributed by atoms with Gasteiger partial charge in [-0.1, -0.05) is 28.1 Å². The Morgan fingerprint density at radius 3 is 2.72 bits per heavy atom. The van der Waals surface area contributed by atoms with Crippen LogP contribution in [0.3, 0.4) is 0 Å². The van der Waals surface area contributed by atoms with Crippen molar-refractivity contribution in [3.05, 3.63) is 58.3 Å². The van der Waals surface area contributed by atoms with Gasteiger partial charge in [-0.2, -0.15) is 0 Å². The Morgan fingerprint density at radius 1 is 1.22 bits per heavy atom. The highest BCUT2D eigenvalue weighted by molar-refractivity contribution is 9.10. The molecule has 0 amide bonds. The van der Waals surface area contributed by atoms with E-state index in [4.69, 9.17) is 5.73 Å². The molecule has 2 nitrogen and oxygen atoms in total. The molecule has 0 heterocycles. The van der Waals surface area contributed by atoms with E-state index in [1.807, 2.05) is 31.3 Å². The summed E-state index contributed by atoms with van der Waals surface area (Å²) >= 11 is 3.35. The monoisotopic (exact) mass is 308 g/mol. The lowest BCUT2D eigenvalue weighted by Gasteiger charge is -2.21. The fourth-order valence-electron chi connectivity index (χ4n) is 1.77. The summed E-state index contributed by atoms with van der Waals surface area (Å²) in [6.07, 6.45) is 0. The third-order valence-electron chi connectivity index (χ3n) is 2.80. The van der Waals surface area contributed by atoms with Crippen LogP contribution in [0.5, 0.6) is 0 Å². The molecule has 2 rings (SSSR count). The minimum atomic E-state index is -0.251. The summed E-state index contributed by atoms with van der Waals surface area (Å²) in [5.74, 6) is -0.251. The van der Waals surface area contributed by atoms with Gasteiger partial charge in [0.15, 0.2) is 0 Å². The van der Waals surface area contributed by atoms with Crippen LogP contribution in [0.2, 0.25) is 0 Å². The van der Waals surface area contributed by atoms with Crippen molar-refractivity contribution >= 4 is 27.3 Å². The summed E-state index contributed by atoms with van der Waals surface area (Å²) in [5, 5.41) is 0. The number of anilines is 2. The minimum absolute atomic E-state index is 0.251. The minimum Gasteiger partial charge on any atom is -0.342 e. The Balaban J connectivity index is 2.40. The topological polar surface area (TPSA) is 29.3 Å². The van der Waals surface area contributed by atoms with Gasteiger partial charge in [0.25, 0.3) is 0 Å². The van der Waals surface area contributed by atoms with Crippen molar-refractivity contribution in [2.24, 2.45) is 5.73 Å². The molecule has 0 aliphatic heterocycles. The highest BCUT2D eigenvalue weighted by Gasteiger charge is 2.10. The summed E-state index contributed by atoms with van der Waals surface area (Å²) in [4.78, 5) is 1.80. The lowest BCUT2D eigenvalue weighted by atomic mass is 10.2. The van der Waals surface area contributed by atoms with Gasteiger partial charge < -0.3 is 10.6 Å². The maximum absolute atomic E-state index is 13.8. The number of halogens is 2. The van der Waals surface area contributed by atoms with Gasteiger partial charge in [0.2, 0.25) is 0 Å². The highest BCUT2D eigenvalue weighted by Crippen LogP contribution is 2.29. The van der Waals surface area contributed by atoms with E-state index in [2.05, 4.69) is 15.9 Å².